The molecule has 0 radical (unpaired) electrons. The minimum atomic E-state index is -0.174. The highest BCUT2D eigenvalue weighted by molar-refractivity contribution is 5.07. The smallest absolute Gasteiger partial charge is 0.364 e. The van der Waals surface area contributed by atoms with Crippen LogP contribution in [0.1, 0.15) is 36.2 Å². The van der Waals surface area contributed by atoms with Crippen LogP contribution in [0.25, 0.3) is 0 Å². The number of hydrogen-bond acceptors (Lipinski definition) is 5. The molecule has 2 aromatic rings. The van der Waals surface area contributed by atoms with Gasteiger partial charge in [0.1, 0.15) is 11.5 Å². The fourth-order valence-electron chi connectivity index (χ4n) is 1.79. The van der Waals surface area contributed by atoms with Crippen molar-refractivity contribution in [1.29, 1.82) is 0 Å². The van der Waals surface area contributed by atoms with Gasteiger partial charge in [0, 0.05) is 6.92 Å². The molecule has 2 heterocycles. The molecule has 0 aliphatic heterocycles. The van der Waals surface area contributed by atoms with Gasteiger partial charge in [0.05, 0.1) is 12.6 Å². The Morgan fingerprint density at radius 2 is 2.12 bits per heavy atom. The van der Waals surface area contributed by atoms with Crippen molar-refractivity contribution in [3.05, 3.63) is 27.8 Å². The highest BCUT2D eigenvalue weighted by atomic mass is 16.4. The van der Waals surface area contributed by atoms with Crippen molar-refractivity contribution in [2.75, 3.05) is 0 Å². The summed E-state index contributed by atoms with van der Waals surface area (Å²) < 4.78 is 8.08. The molecule has 90 valence electrons. The first-order chi connectivity index (χ1) is 8.15. The summed E-state index contributed by atoms with van der Waals surface area (Å²) in [4.78, 5) is 16.1. The lowest BCUT2D eigenvalue weighted by Crippen LogP contribution is -2.25. The van der Waals surface area contributed by atoms with Crippen molar-refractivity contribution < 1.29 is 4.42 Å². The maximum atomic E-state index is 11.9. The van der Waals surface area contributed by atoms with Crippen molar-refractivity contribution in [3.8, 4) is 0 Å². The Bertz CT molecular complexity index is 604. The molecule has 1 fully saturated rings. The Morgan fingerprint density at radius 3 is 2.71 bits per heavy atom. The molecule has 0 atom stereocenters. The minimum absolute atomic E-state index is 0.174. The molecule has 7 nitrogen and oxygen atoms in total. The molecule has 0 saturated heterocycles. The fraction of sp³-hybridized carbons (Fsp3) is 0.600. The van der Waals surface area contributed by atoms with Crippen LogP contribution in [0.2, 0.25) is 0 Å². The number of oxazole rings is 1. The number of nitrogens with zero attached hydrogens (tertiary/aromatic N) is 5. The standard InChI is InChI=1S/C10H13N5O2/c1-6-9(11-7(2)17-6)5-14-10(16)15(13-12-14)8-3-4-8/h8H,3-5H2,1-2H3. The molecule has 2 aromatic heterocycles. The number of aryl methyl sites for hydroxylation is 2. The maximum absolute atomic E-state index is 11.9. The van der Waals surface area contributed by atoms with Gasteiger partial charge in [-0.05, 0) is 30.2 Å². The van der Waals surface area contributed by atoms with Gasteiger partial charge in [0.15, 0.2) is 5.89 Å². The van der Waals surface area contributed by atoms with E-state index >= 15 is 0 Å². The second-order valence-electron chi connectivity index (χ2n) is 4.33. The zero-order valence-corrected chi connectivity index (χ0v) is 9.75. The average Bonchev–Trinajstić information content (AvgIpc) is 2.98. The lowest BCUT2D eigenvalue weighted by atomic mass is 10.4. The number of hydrogen-bond donors (Lipinski definition) is 0. The Balaban J connectivity index is 1.90. The van der Waals surface area contributed by atoms with Crippen molar-refractivity contribution >= 4 is 0 Å². The molecule has 1 aliphatic carbocycles. The summed E-state index contributed by atoms with van der Waals surface area (Å²) in [5.74, 6) is 1.32. The number of aromatic nitrogens is 5. The van der Waals surface area contributed by atoms with Gasteiger partial charge < -0.3 is 4.42 Å². The third kappa shape index (κ3) is 1.77. The zero-order chi connectivity index (χ0) is 12.0. The quantitative estimate of drug-likeness (QED) is 0.770. The zero-order valence-electron chi connectivity index (χ0n) is 9.75. The molecular formula is C10H13N5O2. The largest absolute Gasteiger partial charge is 0.446 e. The molecule has 17 heavy (non-hydrogen) atoms. The summed E-state index contributed by atoms with van der Waals surface area (Å²) in [5, 5.41) is 7.73. The van der Waals surface area contributed by atoms with E-state index in [1.165, 1.54) is 9.36 Å². The van der Waals surface area contributed by atoms with Crippen LogP contribution in [0.5, 0.6) is 0 Å². The summed E-state index contributed by atoms with van der Waals surface area (Å²) in [6.07, 6.45) is 2.03. The van der Waals surface area contributed by atoms with E-state index in [0.717, 1.165) is 24.3 Å². The topological polar surface area (TPSA) is 78.7 Å². The summed E-state index contributed by atoms with van der Waals surface area (Å²) >= 11 is 0. The van der Waals surface area contributed by atoms with Gasteiger partial charge in [0.2, 0.25) is 0 Å². The highest BCUT2D eigenvalue weighted by Gasteiger charge is 2.28. The van der Waals surface area contributed by atoms with E-state index in [4.69, 9.17) is 4.42 Å². The van der Waals surface area contributed by atoms with Crippen LogP contribution in [0.15, 0.2) is 9.21 Å². The highest BCUT2D eigenvalue weighted by Crippen LogP contribution is 2.32. The first-order valence-corrected chi connectivity index (χ1v) is 5.60. The molecule has 1 saturated carbocycles. The molecule has 0 unspecified atom stereocenters. The Kier molecular flexibility index (Phi) is 2.13. The van der Waals surface area contributed by atoms with Crippen molar-refractivity contribution in [2.45, 2.75) is 39.3 Å². The molecule has 3 rings (SSSR count). The first kappa shape index (κ1) is 10.2. The molecule has 0 amide bonds. The van der Waals surface area contributed by atoms with E-state index in [0.29, 0.717) is 12.4 Å². The molecule has 0 spiro atoms. The van der Waals surface area contributed by atoms with Crippen LogP contribution >= 0.6 is 0 Å². The number of tetrazole rings is 1. The fourth-order valence-corrected chi connectivity index (χ4v) is 1.79. The molecule has 0 bridgehead atoms. The third-order valence-electron chi connectivity index (χ3n) is 2.85. The van der Waals surface area contributed by atoms with Gasteiger partial charge in [0.25, 0.3) is 0 Å². The average molecular weight is 235 g/mol. The predicted octanol–water partition coefficient (Wildman–Crippen LogP) is 0.428. The Hall–Kier alpha value is -1.92. The van der Waals surface area contributed by atoms with Crippen LogP contribution in [-0.4, -0.2) is 24.8 Å². The number of rotatable bonds is 3. The second kappa shape index (κ2) is 3.54. The van der Waals surface area contributed by atoms with Crippen LogP contribution in [-0.2, 0) is 6.54 Å². The molecule has 0 aromatic carbocycles. The monoisotopic (exact) mass is 235 g/mol. The van der Waals surface area contributed by atoms with Crippen LogP contribution in [0, 0.1) is 13.8 Å². The van der Waals surface area contributed by atoms with Crippen LogP contribution in [0.3, 0.4) is 0 Å². The summed E-state index contributed by atoms with van der Waals surface area (Å²) in [6.45, 7) is 3.92. The van der Waals surface area contributed by atoms with Crippen LogP contribution < -0.4 is 5.69 Å². The Morgan fingerprint density at radius 1 is 1.35 bits per heavy atom. The van der Waals surface area contributed by atoms with Gasteiger partial charge >= 0.3 is 5.69 Å². The lowest BCUT2D eigenvalue weighted by Gasteiger charge is -1.95. The Labute approximate surface area is 97.0 Å². The van der Waals surface area contributed by atoms with Gasteiger partial charge in [-0.1, -0.05) is 0 Å². The van der Waals surface area contributed by atoms with E-state index in [-0.39, 0.29) is 11.7 Å². The predicted molar refractivity (Wildman–Crippen MR) is 57.6 cm³/mol. The van der Waals surface area contributed by atoms with Gasteiger partial charge in [-0.15, -0.1) is 0 Å². The van der Waals surface area contributed by atoms with E-state index in [9.17, 15) is 4.79 Å². The van der Waals surface area contributed by atoms with Gasteiger partial charge in [-0.3, -0.25) is 0 Å². The van der Waals surface area contributed by atoms with E-state index in [2.05, 4.69) is 15.4 Å². The van der Waals surface area contributed by atoms with Crippen molar-refractivity contribution in [1.82, 2.24) is 24.8 Å². The molecular weight excluding hydrogens is 222 g/mol. The third-order valence-corrected chi connectivity index (χ3v) is 2.85. The first-order valence-electron chi connectivity index (χ1n) is 5.60. The summed E-state index contributed by atoms with van der Waals surface area (Å²) in [6, 6.07) is 0.247. The molecule has 7 heteroatoms. The lowest BCUT2D eigenvalue weighted by molar-refractivity contribution is 0.491. The molecule has 0 N–H and O–H groups in total. The second-order valence-corrected chi connectivity index (χ2v) is 4.33. The van der Waals surface area contributed by atoms with E-state index < -0.39 is 0 Å². The summed E-state index contributed by atoms with van der Waals surface area (Å²) in [7, 11) is 0. The normalized spacial score (nSPS) is 15.4. The molecule has 1 aliphatic rings. The summed E-state index contributed by atoms with van der Waals surface area (Å²) in [5.41, 5.74) is 0.556. The maximum Gasteiger partial charge on any atom is 0.364 e. The van der Waals surface area contributed by atoms with E-state index in [1.54, 1.807) is 6.92 Å². The van der Waals surface area contributed by atoms with Crippen molar-refractivity contribution in [3.63, 3.8) is 0 Å². The minimum Gasteiger partial charge on any atom is -0.446 e. The van der Waals surface area contributed by atoms with Gasteiger partial charge in [-0.25, -0.2) is 9.78 Å². The van der Waals surface area contributed by atoms with Gasteiger partial charge in [-0.2, -0.15) is 9.36 Å². The van der Waals surface area contributed by atoms with E-state index in [1.807, 2.05) is 6.92 Å². The SMILES string of the molecule is Cc1nc(Cn2nnn(C3CC3)c2=O)c(C)o1. The van der Waals surface area contributed by atoms with Crippen molar-refractivity contribution in [2.24, 2.45) is 0 Å². The van der Waals surface area contributed by atoms with Crippen LogP contribution in [0.4, 0.5) is 0 Å².